The molecule has 0 aliphatic carbocycles. The van der Waals surface area contributed by atoms with E-state index in [1.807, 2.05) is 6.07 Å². The first-order valence-electron chi connectivity index (χ1n) is 13.4. The molecule has 186 valence electrons. The highest BCUT2D eigenvalue weighted by Gasteiger charge is 2.56. The fourth-order valence-electron chi connectivity index (χ4n) is 6.33. The van der Waals surface area contributed by atoms with Gasteiger partial charge in [-0.3, -0.25) is 0 Å². The van der Waals surface area contributed by atoms with Gasteiger partial charge in [-0.15, -0.1) is 0 Å². The third kappa shape index (κ3) is 3.88. The largest absolute Gasteiger partial charge is 0.314 e. The van der Waals surface area contributed by atoms with Crippen molar-refractivity contribution < 1.29 is 4.57 Å². The average Bonchev–Trinajstić information content (AvgIpc) is 3.27. The Morgan fingerprint density at radius 1 is 0.722 bits per heavy atom. The van der Waals surface area contributed by atoms with Crippen LogP contribution in [0.5, 0.6) is 0 Å². The average molecular weight is 495 g/mol. The van der Waals surface area contributed by atoms with Crippen molar-refractivity contribution in [1.82, 2.24) is 0 Å². The molecule has 3 aromatic rings. The lowest BCUT2D eigenvalue weighted by molar-refractivity contribution is 0.581. The van der Waals surface area contributed by atoms with E-state index in [-0.39, 0.29) is 5.41 Å². The Kier molecular flexibility index (Phi) is 6.29. The van der Waals surface area contributed by atoms with Crippen LogP contribution in [0.15, 0.2) is 78.9 Å². The van der Waals surface area contributed by atoms with Crippen LogP contribution >= 0.6 is 7.14 Å². The lowest BCUT2D eigenvalue weighted by atomic mass is 9.77. The van der Waals surface area contributed by atoms with E-state index < -0.39 is 7.14 Å². The maximum Gasteiger partial charge on any atom is 0.145 e. The van der Waals surface area contributed by atoms with Gasteiger partial charge in [0.1, 0.15) is 7.14 Å². The van der Waals surface area contributed by atoms with Gasteiger partial charge < -0.3 is 4.57 Å². The fraction of sp³-hybridized carbons (Fsp3) is 0.353. The first kappa shape index (κ1) is 25.0. The molecule has 2 aliphatic rings. The number of allylic oxidation sites excluding steroid dienone is 2. The summed E-state index contributed by atoms with van der Waals surface area (Å²) < 4.78 is 15.5. The predicted molar refractivity (Wildman–Crippen MR) is 157 cm³/mol. The minimum atomic E-state index is -2.86. The molecule has 0 fully saturated rings. The van der Waals surface area contributed by atoms with Gasteiger partial charge in [0.25, 0.3) is 0 Å². The summed E-state index contributed by atoms with van der Waals surface area (Å²) in [6.45, 7) is 16.0. The second-order valence-electron chi connectivity index (χ2n) is 11.8. The van der Waals surface area contributed by atoms with Crippen LogP contribution in [0, 0.1) is 5.41 Å². The van der Waals surface area contributed by atoms with Crippen molar-refractivity contribution in [3.05, 3.63) is 112 Å². The summed E-state index contributed by atoms with van der Waals surface area (Å²) in [6.07, 6.45) is 3.08. The van der Waals surface area contributed by atoms with E-state index in [0.29, 0.717) is 23.9 Å². The number of benzene rings is 3. The second kappa shape index (κ2) is 9.04. The first-order valence-corrected chi connectivity index (χ1v) is 15.3. The monoisotopic (exact) mass is 494 g/mol. The Hall–Kier alpha value is -2.63. The molecule has 2 aliphatic heterocycles. The highest BCUT2D eigenvalue weighted by atomic mass is 31.2. The van der Waals surface area contributed by atoms with Gasteiger partial charge in [-0.05, 0) is 56.7 Å². The molecule has 0 saturated heterocycles. The van der Waals surface area contributed by atoms with E-state index in [1.54, 1.807) is 0 Å². The van der Waals surface area contributed by atoms with Crippen LogP contribution in [0.4, 0.5) is 0 Å². The van der Waals surface area contributed by atoms with Crippen molar-refractivity contribution in [1.29, 1.82) is 0 Å². The van der Waals surface area contributed by atoms with Crippen LogP contribution < -0.4 is 0 Å². The number of hydrogen-bond acceptors (Lipinski definition) is 1. The van der Waals surface area contributed by atoms with Gasteiger partial charge >= 0.3 is 0 Å². The molecule has 36 heavy (non-hydrogen) atoms. The molecule has 1 nitrogen and oxygen atoms in total. The molecule has 0 amide bonds. The highest BCUT2D eigenvalue weighted by molar-refractivity contribution is 7.84. The van der Waals surface area contributed by atoms with Gasteiger partial charge in [-0.25, -0.2) is 0 Å². The van der Waals surface area contributed by atoms with Gasteiger partial charge in [0.15, 0.2) is 0 Å². The molecule has 2 atom stereocenters. The van der Waals surface area contributed by atoms with Crippen LogP contribution in [0.1, 0.15) is 99.6 Å². The highest BCUT2D eigenvalue weighted by Crippen LogP contribution is 2.83. The Morgan fingerprint density at radius 3 is 1.69 bits per heavy atom. The quantitative estimate of drug-likeness (QED) is 0.312. The summed E-state index contributed by atoms with van der Waals surface area (Å²) in [5.41, 5.74) is 8.61. The summed E-state index contributed by atoms with van der Waals surface area (Å²) in [6, 6.07) is 25.9. The lowest BCUT2D eigenvalue weighted by Crippen LogP contribution is -2.14. The van der Waals surface area contributed by atoms with E-state index >= 15 is 4.57 Å². The summed E-state index contributed by atoms with van der Waals surface area (Å²) in [4.78, 5) is 0. The summed E-state index contributed by atoms with van der Waals surface area (Å²) in [7, 11) is -2.86. The molecule has 0 saturated carbocycles. The van der Waals surface area contributed by atoms with Crippen molar-refractivity contribution >= 4 is 23.3 Å². The second-order valence-corrected chi connectivity index (χ2v) is 14.6. The number of fused-ring (bicyclic) bond motifs is 2. The van der Waals surface area contributed by atoms with Gasteiger partial charge in [0.2, 0.25) is 0 Å². The Labute approximate surface area is 217 Å². The van der Waals surface area contributed by atoms with Crippen LogP contribution in [-0.2, 0) is 4.57 Å². The van der Waals surface area contributed by atoms with Crippen molar-refractivity contribution in [2.45, 2.75) is 66.2 Å². The van der Waals surface area contributed by atoms with E-state index in [2.05, 4.69) is 121 Å². The Morgan fingerprint density at radius 2 is 1.22 bits per heavy atom. The third-order valence-corrected chi connectivity index (χ3v) is 11.5. The van der Waals surface area contributed by atoms with Crippen LogP contribution in [-0.4, -0.2) is 6.16 Å². The third-order valence-electron chi connectivity index (χ3n) is 8.06. The zero-order chi connectivity index (χ0) is 25.8. The number of rotatable bonds is 6. The van der Waals surface area contributed by atoms with Crippen molar-refractivity contribution in [2.75, 3.05) is 6.16 Å². The minimum Gasteiger partial charge on any atom is -0.314 e. The molecule has 5 rings (SSSR count). The zero-order valence-electron chi connectivity index (χ0n) is 22.8. The van der Waals surface area contributed by atoms with Gasteiger partial charge in [-0.2, -0.15) is 0 Å². The smallest absolute Gasteiger partial charge is 0.145 e. The molecule has 0 N–H and O–H groups in total. The summed E-state index contributed by atoms with van der Waals surface area (Å²) in [5, 5.41) is 2.18. The molecular formula is C34H39OP. The Bertz CT molecular complexity index is 1380. The van der Waals surface area contributed by atoms with Crippen LogP contribution in [0.25, 0.3) is 16.2 Å². The molecular weight excluding hydrogens is 455 g/mol. The molecule has 0 radical (unpaired) electrons. The van der Waals surface area contributed by atoms with Gasteiger partial charge in [0.05, 0.1) is 0 Å². The van der Waals surface area contributed by atoms with Gasteiger partial charge in [-0.1, -0.05) is 127 Å². The summed E-state index contributed by atoms with van der Waals surface area (Å²) >= 11 is 0. The van der Waals surface area contributed by atoms with E-state index in [0.717, 1.165) is 16.2 Å². The molecule has 2 bridgehead atoms. The molecule has 0 aromatic heterocycles. The summed E-state index contributed by atoms with van der Waals surface area (Å²) in [5.74, 6) is 1.17. The van der Waals surface area contributed by atoms with Gasteiger partial charge in [0, 0.05) is 22.2 Å². The van der Waals surface area contributed by atoms with Crippen molar-refractivity contribution in [3.8, 4) is 0 Å². The molecule has 2 heteroatoms. The van der Waals surface area contributed by atoms with Crippen molar-refractivity contribution in [3.63, 3.8) is 0 Å². The normalized spacial score (nSPS) is 23.3. The molecule has 0 spiro atoms. The van der Waals surface area contributed by atoms with E-state index in [4.69, 9.17) is 0 Å². The maximum atomic E-state index is 15.5. The predicted octanol–water partition coefficient (Wildman–Crippen LogP) is 10.4. The van der Waals surface area contributed by atoms with E-state index in [9.17, 15) is 0 Å². The topological polar surface area (TPSA) is 17.1 Å². The zero-order valence-corrected chi connectivity index (χ0v) is 23.7. The standard InChI is InChI=1S/C34H39OP/c1-22(2)27-18-28(23(3)4)31(29(19-27)24(5)6)30-20-34(7)21-36(30,35)33(26-16-12-9-13-17-26)32(34)25-14-10-8-11-15-25/h8-20,22-24H,21H2,1-7H3. The Balaban J connectivity index is 1.83. The van der Waals surface area contributed by atoms with E-state index in [1.165, 1.54) is 33.4 Å². The SMILES string of the molecule is CC(C)c1cc(C(C)C)c(C2=CC3(C)CP2(=O)C(c2ccccc2)=C3c2ccccc2)c(C(C)C)c1. The van der Waals surface area contributed by atoms with Crippen molar-refractivity contribution in [2.24, 2.45) is 5.41 Å². The molecule has 3 aromatic carbocycles. The lowest BCUT2D eigenvalue weighted by Gasteiger charge is -2.30. The maximum absolute atomic E-state index is 15.5. The van der Waals surface area contributed by atoms with Crippen LogP contribution in [0.2, 0.25) is 0 Å². The fourth-order valence-corrected chi connectivity index (χ4v) is 10.5. The molecule has 2 heterocycles. The molecule has 2 unspecified atom stereocenters. The minimum absolute atomic E-state index is 0.253. The first-order chi connectivity index (χ1) is 17.1. The van der Waals surface area contributed by atoms with Crippen LogP contribution in [0.3, 0.4) is 0 Å². The number of hydrogen-bond donors (Lipinski definition) is 0.